The van der Waals surface area contributed by atoms with E-state index in [0.717, 1.165) is 28.6 Å². The third kappa shape index (κ3) is 4.30. The van der Waals surface area contributed by atoms with Crippen LogP contribution in [0.2, 0.25) is 5.02 Å². The highest BCUT2D eigenvalue weighted by atomic mass is 35.5. The van der Waals surface area contributed by atoms with E-state index in [1.165, 1.54) is 4.90 Å². The van der Waals surface area contributed by atoms with Crippen molar-refractivity contribution >= 4 is 23.4 Å². The van der Waals surface area contributed by atoms with Gasteiger partial charge in [0.05, 0.1) is 12.0 Å². The van der Waals surface area contributed by atoms with Crippen molar-refractivity contribution in [1.29, 1.82) is 0 Å². The number of rotatable bonds is 6. The van der Waals surface area contributed by atoms with E-state index < -0.39 is 0 Å². The predicted molar refractivity (Wildman–Crippen MR) is 81.7 cm³/mol. The molecule has 0 aliphatic carbocycles. The zero-order valence-corrected chi connectivity index (χ0v) is 12.7. The fourth-order valence-corrected chi connectivity index (χ4v) is 2.99. The van der Waals surface area contributed by atoms with Gasteiger partial charge < -0.3 is 9.73 Å². The molecule has 2 aromatic rings. The van der Waals surface area contributed by atoms with Crippen molar-refractivity contribution < 1.29 is 4.42 Å². The highest BCUT2D eigenvalue weighted by Gasteiger charge is 2.09. The lowest BCUT2D eigenvalue weighted by atomic mass is 10.2. The number of hydrogen-bond donors (Lipinski definition) is 1. The van der Waals surface area contributed by atoms with Crippen molar-refractivity contribution in [2.24, 2.45) is 0 Å². The van der Waals surface area contributed by atoms with Crippen LogP contribution in [0.3, 0.4) is 0 Å². The molecule has 0 fully saturated rings. The van der Waals surface area contributed by atoms with Crippen LogP contribution in [0.25, 0.3) is 0 Å². The molecule has 2 nitrogen and oxygen atoms in total. The summed E-state index contributed by atoms with van der Waals surface area (Å²) in [7, 11) is 0. The largest absolute Gasteiger partial charge is 0.468 e. The summed E-state index contributed by atoms with van der Waals surface area (Å²) in [4.78, 5) is 1.21. The van der Waals surface area contributed by atoms with Gasteiger partial charge in [-0.05, 0) is 29.8 Å². The van der Waals surface area contributed by atoms with Crippen molar-refractivity contribution in [2.75, 3.05) is 0 Å². The van der Waals surface area contributed by atoms with E-state index in [1.807, 2.05) is 24.3 Å². The van der Waals surface area contributed by atoms with Gasteiger partial charge in [0.15, 0.2) is 0 Å². The summed E-state index contributed by atoms with van der Waals surface area (Å²) in [6.45, 7) is 5.05. The van der Waals surface area contributed by atoms with Gasteiger partial charge in [-0.3, -0.25) is 0 Å². The normalized spacial score (nSPS) is 11.2. The first-order valence-corrected chi connectivity index (χ1v) is 7.69. The standard InChI is InChI=1S/C15H18ClNOS/c1-11(2)17-9-13-14(16)6-3-7-15(13)19-10-12-5-4-8-18-12/h3-8,11,17H,9-10H2,1-2H3. The van der Waals surface area contributed by atoms with Crippen molar-refractivity contribution in [1.82, 2.24) is 5.32 Å². The second kappa shape index (κ2) is 7.04. The molecule has 1 aromatic heterocycles. The maximum atomic E-state index is 6.30. The van der Waals surface area contributed by atoms with Crippen LogP contribution in [-0.2, 0) is 12.3 Å². The lowest BCUT2D eigenvalue weighted by Crippen LogP contribution is -2.22. The van der Waals surface area contributed by atoms with Crippen molar-refractivity contribution in [3.05, 3.63) is 52.9 Å². The Morgan fingerprint density at radius 2 is 2.11 bits per heavy atom. The molecule has 1 aromatic carbocycles. The third-order valence-corrected chi connectivity index (χ3v) is 4.19. The Kier molecular flexibility index (Phi) is 5.37. The smallest absolute Gasteiger partial charge is 0.113 e. The summed E-state index contributed by atoms with van der Waals surface area (Å²) >= 11 is 8.05. The number of halogens is 1. The lowest BCUT2D eigenvalue weighted by Gasteiger charge is -2.13. The number of thioether (sulfide) groups is 1. The van der Waals surface area contributed by atoms with E-state index >= 15 is 0 Å². The molecule has 0 unspecified atom stereocenters. The van der Waals surface area contributed by atoms with Crippen LogP contribution < -0.4 is 5.32 Å². The molecule has 4 heteroatoms. The quantitative estimate of drug-likeness (QED) is 0.780. The Bertz CT molecular complexity index is 511. The summed E-state index contributed by atoms with van der Waals surface area (Å²) in [6.07, 6.45) is 1.70. The highest BCUT2D eigenvalue weighted by Crippen LogP contribution is 2.30. The third-order valence-electron chi connectivity index (χ3n) is 2.71. The first-order valence-electron chi connectivity index (χ1n) is 6.33. The Morgan fingerprint density at radius 1 is 1.26 bits per heavy atom. The van der Waals surface area contributed by atoms with Gasteiger partial charge in [-0.15, -0.1) is 11.8 Å². The van der Waals surface area contributed by atoms with E-state index in [9.17, 15) is 0 Å². The van der Waals surface area contributed by atoms with Gasteiger partial charge in [-0.2, -0.15) is 0 Å². The molecule has 0 radical (unpaired) electrons. The minimum atomic E-state index is 0.444. The molecule has 0 aliphatic heterocycles. The fourth-order valence-electron chi connectivity index (χ4n) is 1.70. The molecule has 0 amide bonds. The lowest BCUT2D eigenvalue weighted by molar-refractivity contribution is 0.530. The average Bonchev–Trinajstić information content (AvgIpc) is 2.88. The van der Waals surface area contributed by atoms with Crippen molar-refractivity contribution in [3.8, 4) is 0 Å². The first kappa shape index (κ1) is 14.5. The topological polar surface area (TPSA) is 25.2 Å². The first-order chi connectivity index (χ1) is 9.16. The SMILES string of the molecule is CC(C)NCc1c(Cl)cccc1SCc1ccco1. The molecule has 0 spiro atoms. The Morgan fingerprint density at radius 3 is 2.79 bits per heavy atom. The Balaban J connectivity index is 2.08. The molecule has 2 rings (SSSR count). The molecule has 102 valence electrons. The van der Waals surface area contributed by atoms with Gasteiger partial charge in [0, 0.05) is 22.5 Å². The maximum Gasteiger partial charge on any atom is 0.113 e. The second-order valence-electron chi connectivity index (χ2n) is 4.62. The molecule has 0 saturated heterocycles. The molecular formula is C15H18ClNOS. The molecule has 1 N–H and O–H groups in total. The molecule has 1 heterocycles. The van der Waals surface area contributed by atoms with Crippen LogP contribution in [0.5, 0.6) is 0 Å². The van der Waals surface area contributed by atoms with Gasteiger partial charge in [0.25, 0.3) is 0 Å². The number of hydrogen-bond acceptors (Lipinski definition) is 3. The van der Waals surface area contributed by atoms with Gasteiger partial charge in [0.2, 0.25) is 0 Å². The Labute approximate surface area is 123 Å². The Hall–Kier alpha value is -0.900. The zero-order chi connectivity index (χ0) is 13.7. The number of furan rings is 1. The minimum Gasteiger partial charge on any atom is -0.468 e. The number of benzene rings is 1. The molecule has 0 aliphatic rings. The van der Waals surface area contributed by atoms with E-state index in [-0.39, 0.29) is 0 Å². The second-order valence-corrected chi connectivity index (χ2v) is 6.04. The van der Waals surface area contributed by atoms with Crippen molar-refractivity contribution in [2.45, 2.75) is 37.1 Å². The van der Waals surface area contributed by atoms with E-state index in [2.05, 4.69) is 25.2 Å². The van der Waals surface area contributed by atoms with Crippen LogP contribution in [-0.4, -0.2) is 6.04 Å². The fraction of sp³-hybridized carbons (Fsp3) is 0.333. The summed E-state index contributed by atoms with van der Waals surface area (Å²) in [5.41, 5.74) is 1.16. The summed E-state index contributed by atoms with van der Waals surface area (Å²) in [6, 6.07) is 10.4. The van der Waals surface area contributed by atoms with Gasteiger partial charge in [-0.25, -0.2) is 0 Å². The van der Waals surface area contributed by atoms with Gasteiger partial charge >= 0.3 is 0 Å². The predicted octanol–water partition coefficient (Wildman–Crippen LogP) is 4.72. The van der Waals surface area contributed by atoms with Gasteiger partial charge in [-0.1, -0.05) is 31.5 Å². The van der Waals surface area contributed by atoms with Crippen LogP contribution in [0.15, 0.2) is 45.9 Å². The zero-order valence-electron chi connectivity index (χ0n) is 11.2. The van der Waals surface area contributed by atoms with Crippen LogP contribution in [0, 0.1) is 0 Å². The molecule has 0 atom stereocenters. The van der Waals surface area contributed by atoms with E-state index in [4.69, 9.17) is 16.0 Å². The van der Waals surface area contributed by atoms with Crippen LogP contribution >= 0.6 is 23.4 Å². The maximum absolute atomic E-state index is 6.30. The average molecular weight is 296 g/mol. The molecular weight excluding hydrogens is 278 g/mol. The van der Waals surface area contributed by atoms with E-state index in [0.29, 0.717) is 6.04 Å². The highest BCUT2D eigenvalue weighted by molar-refractivity contribution is 7.98. The molecule has 0 saturated carbocycles. The minimum absolute atomic E-state index is 0.444. The molecule has 19 heavy (non-hydrogen) atoms. The molecule has 0 bridgehead atoms. The van der Waals surface area contributed by atoms with Crippen LogP contribution in [0.1, 0.15) is 25.2 Å². The summed E-state index contributed by atoms with van der Waals surface area (Å²) < 4.78 is 5.35. The monoisotopic (exact) mass is 295 g/mol. The van der Waals surface area contributed by atoms with Gasteiger partial charge in [0.1, 0.15) is 5.76 Å². The summed E-state index contributed by atoms with van der Waals surface area (Å²) in [5.74, 6) is 1.80. The number of nitrogens with one attached hydrogen (secondary N) is 1. The summed E-state index contributed by atoms with van der Waals surface area (Å²) in [5, 5.41) is 4.23. The van der Waals surface area contributed by atoms with E-state index in [1.54, 1.807) is 18.0 Å². The van der Waals surface area contributed by atoms with Crippen molar-refractivity contribution in [3.63, 3.8) is 0 Å². The van der Waals surface area contributed by atoms with Crippen LogP contribution in [0.4, 0.5) is 0 Å².